The molecule has 0 aliphatic carbocycles. The van der Waals surface area contributed by atoms with Crippen LogP contribution in [0.5, 0.6) is 0 Å². The van der Waals surface area contributed by atoms with E-state index in [-0.39, 0.29) is 5.91 Å². The van der Waals surface area contributed by atoms with Gasteiger partial charge in [0.1, 0.15) is 0 Å². The van der Waals surface area contributed by atoms with Crippen molar-refractivity contribution in [2.75, 3.05) is 26.2 Å². The normalized spacial score (nSPS) is 19.1. The predicted octanol–water partition coefficient (Wildman–Crippen LogP) is 3.82. The maximum atomic E-state index is 13.6. The molecule has 2 aromatic carbocycles. The third-order valence-electron chi connectivity index (χ3n) is 6.23. The molecule has 0 fully saturated rings. The number of hydrogen-bond donors (Lipinski definition) is 0. The van der Waals surface area contributed by atoms with E-state index >= 15 is 0 Å². The minimum absolute atomic E-state index is 0.0917. The van der Waals surface area contributed by atoms with E-state index in [1.165, 1.54) is 5.56 Å². The second kappa shape index (κ2) is 7.89. The van der Waals surface area contributed by atoms with Crippen LogP contribution in [0.4, 0.5) is 0 Å². The average Bonchev–Trinajstić information content (AvgIpc) is 3.24. The van der Waals surface area contributed by atoms with Crippen molar-refractivity contribution in [3.05, 3.63) is 81.5 Å². The molecule has 30 heavy (non-hydrogen) atoms. The molecule has 0 spiro atoms. The maximum Gasteiger partial charge on any atom is 0.259 e. The fourth-order valence-corrected chi connectivity index (χ4v) is 4.77. The van der Waals surface area contributed by atoms with Gasteiger partial charge >= 0.3 is 0 Å². The van der Waals surface area contributed by atoms with Crippen molar-refractivity contribution in [1.82, 2.24) is 14.7 Å². The Morgan fingerprint density at radius 2 is 1.77 bits per heavy atom. The molecule has 3 aliphatic rings. The van der Waals surface area contributed by atoms with Gasteiger partial charge in [-0.3, -0.25) is 19.6 Å². The Balaban J connectivity index is 1.42. The number of carbonyl (C=O) groups is 1. The van der Waals surface area contributed by atoms with Crippen molar-refractivity contribution in [3.8, 4) is 0 Å². The first-order chi connectivity index (χ1) is 14.6. The largest absolute Gasteiger partial charge is 0.314 e. The highest BCUT2D eigenvalue weighted by Gasteiger charge is 2.41. The fourth-order valence-electron chi connectivity index (χ4n) is 4.58. The maximum absolute atomic E-state index is 13.6. The summed E-state index contributed by atoms with van der Waals surface area (Å²) in [6, 6.07) is 16.2. The van der Waals surface area contributed by atoms with Gasteiger partial charge in [0.2, 0.25) is 5.96 Å². The van der Waals surface area contributed by atoms with Crippen LogP contribution in [0.2, 0.25) is 5.02 Å². The first-order valence-corrected chi connectivity index (χ1v) is 10.9. The molecule has 0 saturated heterocycles. The molecule has 1 amide bonds. The summed E-state index contributed by atoms with van der Waals surface area (Å²) >= 11 is 6.37. The molecule has 0 aromatic heterocycles. The van der Waals surface area contributed by atoms with Crippen LogP contribution in [-0.4, -0.2) is 52.7 Å². The van der Waals surface area contributed by atoms with Crippen molar-refractivity contribution in [1.29, 1.82) is 0 Å². The van der Waals surface area contributed by atoms with Crippen molar-refractivity contribution in [2.45, 2.75) is 26.4 Å². The lowest BCUT2D eigenvalue weighted by Crippen LogP contribution is -2.53. The van der Waals surface area contributed by atoms with Gasteiger partial charge in [0.25, 0.3) is 5.91 Å². The number of benzene rings is 2. The van der Waals surface area contributed by atoms with E-state index in [0.29, 0.717) is 13.1 Å². The molecule has 0 unspecified atom stereocenters. The monoisotopic (exact) mass is 420 g/mol. The standard InChI is InChI=1S/C24H25ClN4O/c1-17-6-2-3-7-18(17)15-29-23(30)20-16-27(14-19-8-4-5-9-21(19)25)12-10-22(20)28-13-11-26-24(28)29/h2-9H,10-16H2,1H3. The molecular weight excluding hydrogens is 396 g/mol. The number of rotatable bonds is 4. The van der Waals surface area contributed by atoms with Gasteiger partial charge in [0.05, 0.1) is 18.7 Å². The summed E-state index contributed by atoms with van der Waals surface area (Å²) in [6.07, 6.45) is 0.864. The second-order valence-electron chi connectivity index (χ2n) is 8.13. The molecule has 5 nitrogen and oxygen atoms in total. The molecule has 0 radical (unpaired) electrons. The average molecular weight is 421 g/mol. The quantitative estimate of drug-likeness (QED) is 0.754. The minimum Gasteiger partial charge on any atom is -0.314 e. The first kappa shape index (κ1) is 19.3. The van der Waals surface area contributed by atoms with Gasteiger partial charge in [-0.2, -0.15) is 0 Å². The topological polar surface area (TPSA) is 39.2 Å². The van der Waals surface area contributed by atoms with Crippen molar-refractivity contribution in [2.24, 2.45) is 4.99 Å². The van der Waals surface area contributed by atoms with Gasteiger partial charge in [-0.05, 0) is 29.7 Å². The summed E-state index contributed by atoms with van der Waals surface area (Å²) in [5, 5.41) is 0.780. The van der Waals surface area contributed by atoms with Crippen molar-refractivity contribution in [3.63, 3.8) is 0 Å². The van der Waals surface area contributed by atoms with Crippen molar-refractivity contribution < 1.29 is 4.79 Å². The Kier molecular flexibility index (Phi) is 5.09. The number of aliphatic imine (C=N–C) groups is 1. The predicted molar refractivity (Wildman–Crippen MR) is 119 cm³/mol. The van der Waals surface area contributed by atoms with E-state index in [0.717, 1.165) is 66.0 Å². The summed E-state index contributed by atoms with van der Waals surface area (Å²) in [5.41, 5.74) is 5.52. The van der Waals surface area contributed by atoms with E-state index in [9.17, 15) is 4.79 Å². The number of guanidine groups is 1. The zero-order chi connectivity index (χ0) is 20.7. The number of fused-ring (bicyclic) bond motifs is 2. The zero-order valence-corrected chi connectivity index (χ0v) is 17.9. The van der Waals surface area contributed by atoms with Crippen LogP contribution >= 0.6 is 11.6 Å². The highest BCUT2D eigenvalue weighted by Crippen LogP contribution is 2.32. The Labute approximate surface area is 182 Å². The Hall–Kier alpha value is -2.63. The Morgan fingerprint density at radius 3 is 2.57 bits per heavy atom. The Bertz CT molecular complexity index is 1060. The van der Waals surface area contributed by atoms with Gasteiger partial charge in [-0.1, -0.05) is 54.1 Å². The lowest BCUT2D eigenvalue weighted by molar-refractivity contribution is -0.125. The van der Waals surface area contributed by atoms with Crippen LogP contribution < -0.4 is 0 Å². The zero-order valence-electron chi connectivity index (χ0n) is 17.1. The minimum atomic E-state index is 0.0917. The molecule has 0 atom stereocenters. The summed E-state index contributed by atoms with van der Waals surface area (Å²) in [6.45, 7) is 6.56. The smallest absolute Gasteiger partial charge is 0.259 e. The SMILES string of the molecule is Cc1ccccc1CN1C(=O)C2=C(CCN(Cc3ccccc3Cl)C2)N2CCN=C12. The first-order valence-electron chi connectivity index (χ1n) is 10.5. The number of carbonyl (C=O) groups excluding carboxylic acids is 1. The van der Waals surface area contributed by atoms with Crippen molar-refractivity contribution >= 4 is 23.5 Å². The second-order valence-corrected chi connectivity index (χ2v) is 8.54. The van der Waals surface area contributed by atoms with E-state index < -0.39 is 0 Å². The van der Waals surface area contributed by atoms with E-state index in [2.05, 4.69) is 39.9 Å². The molecule has 6 heteroatoms. The van der Waals surface area contributed by atoms with E-state index in [1.807, 2.05) is 35.2 Å². The van der Waals surface area contributed by atoms with Gasteiger partial charge in [-0.15, -0.1) is 0 Å². The van der Waals surface area contributed by atoms with Crippen LogP contribution in [0, 0.1) is 6.92 Å². The van der Waals surface area contributed by atoms with E-state index in [4.69, 9.17) is 11.6 Å². The van der Waals surface area contributed by atoms with Gasteiger partial charge in [0, 0.05) is 43.3 Å². The molecule has 2 aromatic rings. The lowest BCUT2D eigenvalue weighted by Gasteiger charge is -2.42. The number of nitrogens with zero attached hydrogens (tertiary/aromatic N) is 4. The lowest BCUT2D eigenvalue weighted by atomic mass is 9.99. The number of amides is 1. The molecule has 0 bridgehead atoms. The van der Waals surface area contributed by atoms with Crippen LogP contribution in [0.1, 0.15) is 23.1 Å². The third kappa shape index (κ3) is 3.42. The fraction of sp³-hybridized carbons (Fsp3) is 0.333. The Morgan fingerprint density at radius 1 is 1.00 bits per heavy atom. The highest BCUT2D eigenvalue weighted by atomic mass is 35.5. The van der Waals surface area contributed by atoms with Crippen LogP contribution in [0.25, 0.3) is 0 Å². The van der Waals surface area contributed by atoms with Crippen LogP contribution in [-0.2, 0) is 17.9 Å². The molecule has 0 saturated carbocycles. The molecular formula is C24H25ClN4O. The molecule has 154 valence electrons. The molecule has 3 aliphatic heterocycles. The van der Waals surface area contributed by atoms with Crippen LogP contribution in [0.3, 0.4) is 0 Å². The van der Waals surface area contributed by atoms with Gasteiger partial charge in [0.15, 0.2) is 0 Å². The summed E-state index contributed by atoms with van der Waals surface area (Å²) in [5.74, 6) is 0.913. The molecule has 0 N–H and O–H groups in total. The highest BCUT2D eigenvalue weighted by molar-refractivity contribution is 6.31. The molecule has 5 rings (SSSR count). The number of aryl methyl sites for hydroxylation is 1. The summed E-state index contributed by atoms with van der Waals surface area (Å²) in [7, 11) is 0. The number of halogens is 1. The van der Waals surface area contributed by atoms with E-state index in [1.54, 1.807) is 0 Å². The molecule has 3 heterocycles. The van der Waals surface area contributed by atoms with Gasteiger partial charge < -0.3 is 4.90 Å². The van der Waals surface area contributed by atoms with Crippen LogP contribution in [0.15, 0.2) is 64.8 Å². The summed E-state index contributed by atoms with van der Waals surface area (Å²) < 4.78 is 0. The number of hydrogen-bond acceptors (Lipinski definition) is 4. The summed E-state index contributed by atoms with van der Waals surface area (Å²) in [4.78, 5) is 24.7. The third-order valence-corrected chi connectivity index (χ3v) is 6.59. The van der Waals surface area contributed by atoms with Gasteiger partial charge in [-0.25, -0.2) is 0 Å².